The van der Waals surface area contributed by atoms with Gasteiger partial charge in [-0.15, -0.1) is 0 Å². The first kappa shape index (κ1) is 12.9. The first-order valence-electron chi connectivity index (χ1n) is 5.30. The molecule has 1 fully saturated rings. The van der Waals surface area contributed by atoms with Crippen LogP contribution >= 0.6 is 0 Å². The molecule has 0 aliphatic heterocycles. The minimum Gasteiger partial charge on any atom is -0.480 e. The highest BCUT2D eigenvalue weighted by Gasteiger charge is 2.34. The van der Waals surface area contributed by atoms with Gasteiger partial charge in [0, 0.05) is 6.54 Å². The molecule has 1 saturated carbocycles. The van der Waals surface area contributed by atoms with Crippen LogP contribution in [0.4, 0.5) is 0 Å². The molecule has 0 atom stereocenters. The van der Waals surface area contributed by atoms with E-state index < -0.39 is 17.5 Å². The number of rotatable bonds is 6. The molecule has 0 unspecified atom stereocenters. The molecular weight excluding hydrogens is 214 g/mol. The predicted octanol–water partition coefficient (Wildman–Crippen LogP) is -0.237. The van der Waals surface area contributed by atoms with Crippen molar-refractivity contribution in [2.75, 3.05) is 19.6 Å². The predicted molar refractivity (Wildman–Crippen MR) is 55.1 cm³/mol. The molecule has 92 valence electrons. The average Bonchev–Trinajstić information content (AvgIpc) is 2.48. The van der Waals surface area contributed by atoms with Gasteiger partial charge in [-0.3, -0.25) is 14.5 Å². The van der Waals surface area contributed by atoms with Gasteiger partial charge in [0.15, 0.2) is 0 Å². The van der Waals surface area contributed by atoms with E-state index in [1.807, 2.05) is 0 Å². The molecule has 1 aliphatic carbocycles. The fourth-order valence-corrected chi connectivity index (χ4v) is 2.16. The van der Waals surface area contributed by atoms with Crippen molar-refractivity contribution in [2.24, 2.45) is 0 Å². The third kappa shape index (κ3) is 4.16. The lowest BCUT2D eigenvalue weighted by Gasteiger charge is -2.29. The molecule has 0 saturated heterocycles. The van der Waals surface area contributed by atoms with Gasteiger partial charge in [0.2, 0.25) is 0 Å². The molecule has 3 N–H and O–H groups in total. The van der Waals surface area contributed by atoms with E-state index in [2.05, 4.69) is 0 Å². The Kier molecular flexibility index (Phi) is 4.26. The van der Waals surface area contributed by atoms with E-state index in [-0.39, 0.29) is 19.6 Å². The summed E-state index contributed by atoms with van der Waals surface area (Å²) in [7, 11) is 0. The second kappa shape index (κ2) is 5.27. The smallest absolute Gasteiger partial charge is 0.317 e. The summed E-state index contributed by atoms with van der Waals surface area (Å²) in [5.74, 6) is -2.16. The molecule has 0 aromatic heterocycles. The molecule has 0 aromatic rings. The van der Waals surface area contributed by atoms with E-state index in [1.165, 1.54) is 4.90 Å². The first-order valence-corrected chi connectivity index (χ1v) is 5.30. The maximum absolute atomic E-state index is 10.6. The van der Waals surface area contributed by atoms with Crippen LogP contribution in [0.2, 0.25) is 0 Å². The van der Waals surface area contributed by atoms with E-state index in [9.17, 15) is 14.7 Å². The Bertz CT molecular complexity index is 256. The number of hydrogen-bond donors (Lipinski definition) is 3. The Balaban J connectivity index is 2.54. The summed E-state index contributed by atoms with van der Waals surface area (Å²) in [6.07, 6.45) is 3.04. The van der Waals surface area contributed by atoms with Crippen LogP contribution in [-0.4, -0.2) is 57.4 Å². The summed E-state index contributed by atoms with van der Waals surface area (Å²) in [5.41, 5.74) is -0.912. The number of carboxylic acid groups (broad SMARTS) is 2. The van der Waals surface area contributed by atoms with Crippen LogP contribution in [0.25, 0.3) is 0 Å². The van der Waals surface area contributed by atoms with Crippen molar-refractivity contribution >= 4 is 11.9 Å². The van der Waals surface area contributed by atoms with Crippen LogP contribution in [0, 0.1) is 0 Å². The summed E-state index contributed by atoms with van der Waals surface area (Å²) < 4.78 is 0. The van der Waals surface area contributed by atoms with Crippen LogP contribution in [0.3, 0.4) is 0 Å². The number of aliphatic carboxylic acids is 2. The van der Waals surface area contributed by atoms with Gasteiger partial charge in [-0.2, -0.15) is 0 Å². The molecule has 0 radical (unpaired) electrons. The van der Waals surface area contributed by atoms with Gasteiger partial charge in [-0.25, -0.2) is 0 Å². The highest BCUT2D eigenvalue weighted by Crippen LogP contribution is 2.30. The SMILES string of the molecule is O=C(O)CN(CC(=O)O)CC1(O)CCCC1. The summed E-state index contributed by atoms with van der Waals surface area (Å²) in [6, 6.07) is 0. The van der Waals surface area contributed by atoms with Crippen molar-refractivity contribution in [1.82, 2.24) is 4.90 Å². The van der Waals surface area contributed by atoms with E-state index in [0.29, 0.717) is 12.8 Å². The van der Waals surface area contributed by atoms with Crippen molar-refractivity contribution in [2.45, 2.75) is 31.3 Å². The van der Waals surface area contributed by atoms with E-state index >= 15 is 0 Å². The molecule has 6 nitrogen and oxygen atoms in total. The number of hydrogen-bond acceptors (Lipinski definition) is 4. The Morgan fingerprint density at radius 3 is 1.88 bits per heavy atom. The molecule has 0 amide bonds. The zero-order valence-electron chi connectivity index (χ0n) is 9.06. The third-order valence-electron chi connectivity index (χ3n) is 2.77. The van der Waals surface area contributed by atoms with Gasteiger partial charge in [-0.05, 0) is 12.8 Å². The van der Waals surface area contributed by atoms with Crippen molar-refractivity contribution < 1.29 is 24.9 Å². The van der Waals surface area contributed by atoms with Crippen molar-refractivity contribution in [3.05, 3.63) is 0 Å². The van der Waals surface area contributed by atoms with Gasteiger partial charge in [0.05, 0.1) is 18.7 Å². The minimum atomic E-state index is -1.08. The van der Waals surface area contributed by atoms with Gasteiger partial charge in [0.1, 0.15) is 0 Å². The summed E-state index contributed by atoms with van der Waals surface area (Å²) >= 11 is 0. The maximum atomic E-state index is 10.6. The normalized spacial score (nSPS) is 18.9. The zero-order chi connectivity index (χ0) is 12.2. The van der Waals surface area contributed by atoms with E-state index in [4.69, 9.17) is 10.2 Å². The molecule has 16 heavy (non-hydrogen) atoms. The number of carbonyl (C=O) groups is 2. The fourth-order valence-electron chi connectivity index (χ4n) is 2.16. The topological polar surface area (TPSA) is 98.1 Å². The van der Waals surface area contributed by atoms with Crippen LogP contribution < -0.4 is 0 Å². The summed E-state index contributed by atoms with van der Waals surface area (Å²) in [5, 5.41) is 27.3. The van der Waals surface area contributed by atoms with Crippen molar-refractivity contribution in [3.8, 4) is 0 Å². The minimum absolute atomic E-state index is 0.117. The number of aliphatic hydroxyl groups is 1. The van der Waals surface area contributed by atoms with Gasteiger partial charge < -0.3 is 15.3 Å². The number of carboxylic acids is 2. The quantitative estimate of drug-likeness (QED) is 0.583. The van der Waals surface area contributed by atoms with Crippen molar-refractivity contribution in [1.29, 1.82) is 0 Å². The molecule has 0 bridgehead atoms. The first-order chi connectivity index (χ1) is 7.41. The van der Waals surface area contributed by atoms with E-state index in [0.717, 1.165) is 12.8 Å². The highest BCUT2D eigenvalue weighted by atomic mass is 16.4. The highest BCUT2D eigenvalue weighted by molar-refractivity contribution is 5.72. The second-order valence-electron chi connectivity index (χ2n) is 4.36. The van der Waals surface area contributed by atoms with Gasteiger partial charge >= 0.3 is 11.9 Å². The molecule has 0 spiro atoms. The Labute approximate surface area is 93.5 Å². The molecule has 0 heterocycles. The lowest BCUT2D eigenvalue weighted by atomic mass is 10.0. The monoisotopic (exact) mass is 231 g/mol. The van der Waals surface area contributed by atoms with Crippen LogP contribution in [0.15, 0.2) is 0 Å². The van der Waals surface area contributed by atoms with Crippen molar-refractivity contribution in [3.63, 3.8) is 0 Å². The van der Waals surface area contributed by atoms with E-state index in [1.54, 1.807) is 0 Å². The molecule has 1 rings (SSSR count). The van der Waals surface area contributed by atoms with Crippen LogP contribution in [0.5, 0.6) is 0 Å². The molecule has 0 aromatic carbocycles. The number of nitrogens with zero attached hydrogens (tertiary/aromatic N) is 1. The zero-order valence-corrected chi connectivity index (χ0v) is 9.06. The lowest BCUT2D eigenvalue weighted by Crippen LogP contribution is -2.45. The third-order valence-corrected chi connectivity index (χ3v) is 2.77. The largest absolute Gasteiger partial charge is 0.480 e. The average molecular weight is 231 g/mol. The van der Waals surface area contributed by atoms with Gasteiger partial charge in [0.25, 0.3) is 0 Å². The fraction of sp³-hybridized carbons (Fsp3) is 0.800. The Morgan fingerprint density at radius 2 is 1.50 bits per heavy atom. The van der Waals surface area contributed by atoms with Crippen LogP contribution in [0.1, 0.15) is 25.7 Å². The summed E-state index contributed by atoms with van der Waals surface area (Å²) in [6.45, 7) is -0.588. The standard InChI is InChI=1S/C10H17NO5/c12-8(13)5-11(6-9(14)15)7-10(16)3-1-2-4-10/h16H,1-7H2,(H,12,13)(H,14,15). The lowest BCUT2D eigenvalue weighted by molar-refractivity contribution is -0.143. The Morgan fingerprint density at radius 1 is 1.06 bits per heavy atom. The maximum Gasteiger partial charge on any atom is 0.317 e. The molecule has 6 heteroatoms. The summed E-state index contributed by atoms with van der Waals surface area (Å²) in [4.78, 5) is 22.4. The molecular formula is C10H17NO5. The second-order valence-corrected chi connectivity index (χ2v) is 4.36. The Hall–Kier alpha value is -1.14. The van der Waals surface area contributed by atoms with Crippen LogP contribution in [-0.2, 0) is 9.59 Å². The van der Waals surface area contributed by atoms with Gasteiger partial charge in [-0.1, -0.05) is 12.8 Å². The molecule has 1 aliphatic rings.